The molecular weight excluding hydrogens is 458 g/mol. The normalized spacial score (nSPS) is 18.2. The average Bonchev–Trinajstić information content (AvgIpc) is 2.87. The Kier molecular flexibility index (Phi) is 9.41. The Morgan fingerprint density at radius 2 is 1.64 bits per heavy atom. The number of likely N-dealkylation sites (N-methyl/N-ethyl adjacent to an activating group) is 2. The van der Waals surface area contributed by atoms with Gasteiger partial charge in [0.1, 0.15) is 12.4 Å². The van der Waals surface area contributed by atoms with Gasteiger partial charge >= 0.3 is 0 Å². The first-order valence-corrected chi connectivity index (χ1v) is 13.1. The van der Waals surface area contributed by atoms with Crippen LogP contribution in [0.25, 0.3) is 10.9 Å². The lowest BCUT2D eigenvalue weighted by Crippen LogP contribution is -2.45. The van der Waals surface area contributed by atoms with Crippen LogP contribution >= 0.6 is 0 Å². The van der Waals surface area contributed by atoms with E-state index in [1.54, 1.807) is 7.11 Å². The second-order valence-electron chi connectivity index (χ2n) is 10.2. The highest BCUT2D eigenvalue weighted by molar-refractivity contribution is 5.93. The lowest BCUT2D eigenvalue weighted by Gasteiger charge is -2.33. The summed E-state index contributed by atoms with van der Waals surface area (Å²) in [5.74, 6) is 3.00. The molecular formula is C26H43N7O3. The van der Waals surface area contributed by atoms with Crippen molar-refractivity contribution in [2.45, 2.75) is 18.9 Å². The summed E-state index contributed by atoms with van der Waals surface area (Å²) in [5, 5.41) is 4.70. The Balaban J connectivity index is 1.57. The van der Waals surface area contributed by atoms with Crippen LogP contribution in [0.15, 0.2) is 12.1 Å². The highest BCUT2D eigenvalue weighted by atomic mass is 16.5. The van der Waals surface area contributed by atoms with Crippen LogP contribution in [-0.4, -0.2) is 132 Å². The zero-order chi connectivity index (χ0) is 25.5. The van der Waals surface area contributed by atoms with Crippen molar-refractivity contribution in [1.29, 1.82) is 0 Å². The number of piperazine rings is 1. The second-order valence-corrected chi connectivity index (χ2v) is 10.2. The van der Waals surface area contributed by atoms with Gasteiger partial charge in [0.05, 0.1) is 25.8 Å². The number of rotatable bonds is 11. The number of nitrogens with one attached hydrogen (secondary N) is 1. The Bertz CT molecular complexity index is 974. The standard InChI is InChI=1S/C26H43N7O3/c1-30(2)14-15-35-16-17-36-24-19-22-21(18-23(24)34-5)25(27-20-6-8-31(3)9-7-20)29-26(28-22)33-12-10-32(4)11-13-33/h18-20H,6-17H2,1-5H3,(H,27,28,29). The summed E-state index contributed by atoms with van der Waals surface area (Å²) in [6.07, 6.45) is 2.19. The van der Waals surface area contributed by atoms with E-state index in [-0.39, 0.29) is 0 Å². The monoisotopic (exact) mass is 501 g/mol. The van der Waals surface area contributed by atoms with Gasteiger partial charge in [-0.15, -0.1) is 0 Å². The molecule has 2 fully saturated rings. The molecule has 0 amide bonds. The number of nitrogens with zero attached hydrogens (tertiary/aromatic N) is 6. The number of fused-ring (bicyclic) bond motifs is 1. The molecule has 4 rings (SSSR count). The number of benzene rings is 1. The molecule has 0 unspecified atom stereocenters. The number of methoxy groups -OCH3 is 1. The molecule has 2 aromatic rings. The van der Waals surface area contributed by atoms with Crippen LogP contribution in [0.4, 0.5) is 11.8 Å². The quantitative estimate of drug-likeness (QED) is 0.461. The van der Waals surface area contributed by atoms with Gasteiger partial charge in [-0.05, 0) is 60.2 Å². The van der Waals surface area contributed by atoms with Crippen molar-refractivity contribution < 1.29 is 14.2 Å². The molecule has 0 bridgehead atoms. The Morgan fingerprint density at radius 1 is 0.917 bits per heavy atom. The molecule has 0 radical (unpaired) electrons. The summed E-state index contributed by atoms with van der Waals surface area (Å²) in [4.78, 5) is 19.1. The number of aromatic nitrogens is 2. The lowest BCUT2D eigenvalue weighted by molar-refractivity contribution is 0.0881. The van der Waals surface area contributed by atoms with E-state index in [0.29, 0.717) is 37.4 Å². The molecule has 10 heteroatoms. The van der Waals surface area contributed by atoms with Crippen LogP contribution in [0, 0.1) is 0 Å². The minimum absolute atomic E-state index is 0.390. The van der Waals surface area contributed by atoms with E-state index in [4.69, 9.17) is 24.2 Å². The molecule has 0 spiro atoms. The lowest BCUT2D eigenvalue weighted by atomic mass is 10.1. The topological polar surface area (TPSA) is 78.5 Å². The summed E-state index contributed by atoms with van der Waals surface area (Å²) >= 11 is 0. The van der Waals surface area contributed by atoms with Gasteiger partial charge in [0.25, 0.3) is 0 Å². The Morgan fingerprint density at radius 3 is 2.33 bits per heavy atom. The molecule has 0 aliphatic carbocycles. The molecule has 1 aromatic carbocycles. The van der Waals surface area contributed by atoms with Crippen LogP contribution in [-0.2, 0) is 4.74 Å². The summed E-state index contributed by atoms with van der Waals surface area (Å²) in [5.41, 5.74) is 0.860. The second kappa shape index (κ2) is 12.7. The van der Waals surface area contributed by atoms with Crippen molar-refractivity contribution in [3.05, 3.63) is 12.1 Å². The average molecular weight is 502 g/mol. The van der Waals surface area contributed by atoms with Crippen molar-refractivity contribution in [3.63, 3.8) is 0 Å². The molecule has 0 atom stereocenters. The van der Waals surface area contributed by atoms with Crippen molar-refractivity contribution in [1.82, 2.24) is 24.7 Å². The minimum Gasteiger partial charge on any atom is -0.493 e. The van der Waals surface area contributed by atoms with Gasteiger partial charge in [-0.2, -0.15) is 4.98 Å². The van der Waals surface area contributed by atoms with Gasteiger partial charge in [0.2, 0.25) is 5.95 Å². The smallest absolute Gasteiger partial charge is 0.227 e. The van der Waals surface area contributed by atoms with Crippen molar-refractivity contribution >= 4 is 22.7 Å². The molecule has 1 aromatic heterocycles. The van der Waals surface area contributed by atoms with E-state index in [9.17, 15) is 0 Å². The van der Waals surface area contributed by atoms with Crippen molar-refractivity contribution in [2.24, 2.45) is 0 Å². The molecule has 1 N–H and O–H groups in total. The van der Waals surface area contributed by atoms with Gasteiger partial charge in [-0.25, -0.2) is 4.98 Å². The van der Waals surface area contributed by atoms with E-state index in [1.807, 2.05) is 26.2 Å². The van der Waals surface area contributed by atoms with Gasteiger partial charge in [-0.1, -0.05) is 0 Å². The summed E-state index contributed by atoms with van der Waals surface area (Å²) in [6, 6.07) is 4.37. The maximum absolute atomic E-state index is 6.07. The molecule has 2 aliphatic heterocycles. The fourth-order valence-electron chi connectivity index (χ4n) is 4.56. The highest BCUT2D eigenvalue weighted by Gasteiger charge is 2.23. The number of anilines is 2. The molecule has 3 heterocycles. The highest BCUT2D eigenvalue weighted by Crippen LogP contribution is 2.36. The first-order chi connectivity index (χ1) is 17.4. The molecule has 10 nitrogen and oxygen atoms in total. The van der Waals surface area contributed by atoms with Crippen LogP contribution in [0.1, 0.15) is 12.8 Å². The summed E-state index contributed by atoms with van der Waals surface area (Å²) in [7, 11) is 10.1. The third-order valence-corrected chi connectivity index (χ3v) is 6.98. The third kappa shape index (κ3) is 7.09. The van der Waals surface area contributed by atoms with Crippen LogP contribution < -0.4 is 19.7 Å². The number of likely N-dealkylation sites (tertiary alicyclic amines) is 1. The number of hydrogen-bond acceptors (Lipinski definition) is 10. The van der Waals surface area contributed by atoms with E-state index in [1.165, 1.54) is 0 Å². The SMILES string of the molecule is COc1cc2c(NC3CCN(C)CC3)nc(N3CCN(C)CC3)nc2cc1OCCOCCN(C)C. The van der Waals surface area contributed by atoms with E-state index >= 15 is 0 Å². The van der Waals surface area contributed by atoms with E-state index in [2.05, 4.69) is 39.0 Å². The Hall–Kier alpha value is -2.40. The predicted molar refractivity (Wildman–Crippen MR) is 145 cm³/mol. The van der Waals surface area contributed by atoms with Crippen LogP contribution in [0.2, 0.25) is 0 Å². The van der Waals surface area contributed by atoms with Gasteiger partial charge in [0, 0.05) is 50.2 Å². The fraction of sp³-hybridized carbons (Fsp3) is 0.692. The number of piperidine rings is 1. The summed E-state index contributed by atoms with van der Waals surface area (Å²) in [6.45, 7) is 8.55. The van der Waals surface area contributed by atoms with Gasteiger partial charge in [-0.3, -0.25) is 0 Å². The van der Waals surface area contributed by atoms with Crippen molar-refractivity contribution in [3.8, 4) is 11.5 Å². The van der Waals surface area contributed by atoms with Gasteiger partial charge in [0.15, 0.2) is 11.5 Å². The van der Waals surface area contributed by atoms with Crippen LogP contribution in [0.3, 0.4) is 0 Å². The van der Waals surface area contributed by atoms with E-state index in [0.717, 1.165) is 81.3 Å². The maximum Gasteiger partial charge on any atom is 0.227 e. The largest absolute Gasteiger partial charge is 0.493 e. The first-order valence-electron chi connectivity index (χ1n) is 13.1. The molecule has 0 saturated carbocycles. The zero-order valence-corrected chi connectivity index (χ0v) is 22.6. The molecule has 2 saturated heterocycles. The van der Waals surface area contributed by atoms with E-state index < -0.39 is 0 Å². The molecule has 200 valence electrons. The summed E-state index contributed by atoms with van der Waals surface area (Å²) < 4.78 is 17.5. The molecule has 36 heavy (non-hydrogen) atoms. The maximum atomic E-state index is 6.07. The van der Waals surface area contributed by atoms with Crippen LogP contribution in [0.5, 0.6) is 11.5 Å². The fourth-order valence-corrected chi connectivity index (χ4v) is 4.56. The third-order valence-electron chi connectivity index (χ3n) is 6.98. The number of hydrogen-bond donors (Lipinski definition) is 1. The minimum atomic E-state index is 0.390. The van der Waals surface area contributed by atoms with Gasteiger partial charge < -0.3 is 39.1 Å². The first kappa shape index (κ1) is 26.7. The number of ether oxygens (including phenoxy) is 3. The Labute approximate surface area is 215 Å². The molecule has 2 aliphatic rings. The predicted octanol–water partition coefficient (Wildman–Crippen LogP) is 1.85. The van der Waals surface area contributed by atoms with Crippen molar-refractivity contribution in [2.75, 3.05) is 111 Å². The zero-order valence-electron chi connectivity index (χ0n) is 22.6.